The van der Waals surface area contributed by atoms with E-state index >= 15 is 0 Å². The SMILES string of the molecule is c1ccc(N=Nc2nccs2)nc1. The lowest BCUT2D eigenvalue weighted by Crippen LogP contribution is -1.68. The van der Waals surface area contributed by atoms with Gasteiger partial charge < -0.3 is 0 Å². The number of hydrogen-bond donors (Lipinski definition) is 0. The maximum absolute atomic E-state index is 3.99. The van der Waals surface area contributed by atoms with Crippen LogP contribution in [0.25, 0.3) is 0 Å². The lowest BCUT2D eigenvalue weighted by Gasteiger charge is -1.86. The number of rotatable bonds is 2. The van der Waals surface area contributed by atoms with Gasteiger partial charge in [0.05, 0.1) is 0 Å². The van der Waals surface area contributed by atoms with Gasteiger partial charge in [-0.05, 0) is 12.1 Å². The van der Waals surface area contributed by atoms with Crippen LogP contribution in [0.4, 0.5) is 10.9 Å². The number of hydrogen-bond acceptors (Lipinski definition) is 5. The standard InChI is InChI=1S/C8H6N4S/c1-2-4-9-7(3-1)11-12-8-10-5-6-13-8/h1-6H. The highest BCUT2D eigenvalue weighted by molar-refractivity contribution is 7.13. The largest absolute Gasteiger partial charge is 0.236 e. The van der Waals surface area contributed by atoms with Crippen LogP contribution in [0.2, 0.25) is 0 Å². The van der Waals surface area contributed by atoms with E-state index in [2.05, 4.69) is 20.2 Å². The van der Waals surface area contributed by atoms with E-state index in [1.807, 2.05) is 17.5 Å². The second-order valence-corrected chi connectivity index (χ2v) is 3.08. The van der Waals surface area contributed by atoms with Gasteiger partial charge >= 0.3 is 0 Å². The molecule has 0 bridgehead atoms. The van der Waals surface area contributed by atoms with Crippen molar-refractivity contribution in [3.8, 4) is 0 Å². The van der Waals surface area contributed by atoms with Crippen molar-refractivity contribution in [3.05, 3.63) is 36.0 Å². The van der Waals surface area contributed by atoms with E-state index in [9.17, 15) is 0 Å². The molecule has 0 fully saturated rings. The van der Waals surface area contributed by atoms with Gasteiger partial charge in [0.25, 0.3) is 0 Å². The molecular weight excluding hydrogens is 184 g/mol. The zero-order chi connectivity index (χ0) is 8.93. The highest BCUT2D eigenvalue weighted by atomic mass is 32.1. The maximum Gasteiger partial charge on any atom is 0.229 e. The summed E-state index contributed by atoms with van der Waals surface area (Å²) in [5.41, 5.74) is 0. The fraction of sp³-hybridized carbons (Fsp3) is 0. The molecule has 0 aliphatic carbocycles. The lowest BCUT2D eigenvalue weighted by molar-refractivity contribution is 1.14. The Morgan fingerprint density at radius 2 is 2.08 bits per heavy atom. The zero-order valence-corrected chi connectivity index (χ0v) is 7.48. The van der Waals surface area contributed by atoms with E-state index in [-0.39, 0.29) is 0 Å². The van der Waals surface area contributed by atoms with Crippen LogP contribution < -0.4 is 0 Å². The summed E-state index contributed by atoms with van der Waals surface area (Å²) in [6.07, 6.45) is 3.37. The molecule has 2 aromatic heterocycles. The smallest absolute Gasteiger partial charge is 0.229 e. The molecule has 0 unspecified atom stereocenters. The van der Waals surface area contributed by atoms with Gasteiger partial charge in [-0.2, -0.15) is 0 Å². The summed E-state index contributed by atoms with van der Waals surface area (Å²) >= 11 is 1.44. The Labute approximate surface area is 79.0 Å². The molecule has 13 heavy (non-hydrogen) atoms. The first kappa shape index (κ1) is 8.00. The van der Waals surface area contributed by atoms with Crippen LogP contribution in [-0.2, 0) is 0 Å². The Bertz CT molecular complexity index is 382. The van der Waals surface area contributed by atoms with Gasteiger partial charge in [0.15, 0.2) is 5.82 Å². The fourth-order valence-electron chi connectivity index (χ4n) is 0.772. The van der Waals surface area contributed by atoms with Crippen LogP contribution >= 0.6 is 11.3 Å². The highest BCUT2D eigenvalue weighted by Crippen LogP contribution is 2.17. The topological polar surface area (TPSA) is 50.5 Å². The van der Waals surface area contributed by atoms with E-state index in [0.29, 0.717) is 10.9 Å². The summed E-state index contributed by atoms with van der Waals surface area (Å²) in [6, 6.07) is 5.49. The molecule has 0 aromatic carbocycles. The average Bonchev–Trinajstić information content (AvgIpc) is 2.69. The Balaban J connectivity index is 2.15. The molecule has 0 amide bonds. The van der Waals surface area contributed by atoms with Crippen LogP contribution in [0.1, 0.15) is 0 Å². The first-order valence-electron chi connectivity index (χ1n) is 3.67. The molecule has 2 rings (SSSR count). The van der Waals surface area contributed by atoms with Gasteiger partial charge in [-0.1, -0.05) is 6.07 Å². The van der Waals surface area contributed by atoms with Crippen molar-refractivity contribution in [3.63, 3.8) is 0 Å². The average molecular weight is 190 g/mol. The minimum Gasteiger partial charge on any atom is -0.236 e. The van der Waals surface area contributed by atoms with Gasteiger partial charge in [0.1, 0.15) is 0 Å². The van der Waals surface area contributed by atoms with Crippen molar-refractivity contribution in [1.82, 2.24) is 9.97 Å². The Hall–Kier alpha value is -1.62. The molecule has 0 atom stereocenters. The monoisotopic (exact) mass is 190 g/mol. The maximum atomic E-state index is 3.99. The van der Waals surface area contributed by atoms with Crippen molar-refractivity contribution in [2.45, 2.75) is 0 Å². The molecule has 2 aromatic rings. The first-order chi connectivity index (χ1) is 6.45. The van der Waals surface area contributed by atoms with Crippen LogP contribution in [0.5, 0.6) is 0 Å². The molecular formula is C8H6N4S. The third-order valence-corrected chi connectivity index (χ3v) is 1.96. The number of nitrogens with zero attached hydrogens (tertiary/aromatic N) is 4. The molecule has 5 heteroatoms. The van der Waals surface area contributed by atoms with E-state index in [4.69, 9.17) is 0 Å². The molecule has 0 aliphatic heterocycles. The van der Waals surface area contributed by atoms with E-state index in [1.165, 1.54) is 11.3 Å². The van der Waals surface area contributed by atoms with Gasteiger partial charge in [-0.15, -0.1) is 21.6 Å². The molecule has 64 valence electrons. The number of pyridine rings is 1. The van der Waals surface area contributed by atoms with Crippen molar-refractivity contribution in [1.29, 1.82) is 0 Å². The first-order valence-corrected chi connectivity index (χ1v) is 4.55. The molecule has 0 saturated heterocycles. The molecule has 0 saturated carbocycles. The van der Waals surface area contributed by atoms with E-state index in [0.717, 1.165) is 0 Å². The third-order valence-electron chi connectivity index (χ3n) is 1.31. The highest BCUT2D eigenvalue weighted by Gasteiger charge is 1.90. The Morgan fingerprint density at radius 3 is 2.77 bits per heavy atom. The molecule has 2 heterocycles. The summed E-state index contributed by atoms with van der Waals surface area (Å²) in [7, 11) is 0. The zero-order valence-electron chi connectivity index (χ0n) is 6.66. The van der Waals surface area contributed by atoms with Crippen molar-refractivity contribution < 1.29 is 0 Å². The van der Waals surface area contributed by atoms with E-state index < -0.39 is 0 Å². The predicted octanol–water partition coefficient (Wildman–Crippen LogP) is 2.95. The second-order valence-electron chi connectivity index (χ2n) is 2.20. The van der Waals surface area contributed by atoms with Gasteiger partial charge in [-0.25, -0.2) is 9.97 Å². The minimum atomic E-state index is 0.595. The number of aromatic nitrogens is 2. The Morgan fingerprint density at radius 1 is 1.08 bits per heavy atom. The van der Waals surface area contributed by atoms with Crippen molar-refractivity contribution in [2.75, 3.05) is 0 Å². The van der Waals surface area contributed by atoms with Gasteiger partial charge in [-0.3, -0.25) is 0 Å². The van der Waals surface area contributed by atoms with Gasteiger partial charge in [0.2, 0.25) is 5.13 Å². The van der Waals surface area contributed by atoms with Gasteiger partial charge in [0, 0.05) is 17.8 Å². The molecule has 4 nitrogen and oxygen atoms in total. The van der Waals surface area contributed by atoms with Crippen molar-refractivity contribution >= 4 is 22.3 Å². The van der Waals surface area contributed by atoms with Crippen LogP contribution in [-0.4, -0.2) is 9.97 Å². The fourth-order valence-corrected chi connectivity index (χ4v) is 1.23. The second kappa shape index (κ2) is 3.86. The summed E-state index contributed by atoms with van der Waals surface area (Å²) in [5.74, 6) is 0.595. The quantitative estimate of drug-likeness (QED) is 0.683. The predicted molar refractivity (Wildman–Crippen MR) is 50.5 cm³/mol. The summed E-state index contributed by atoms with van der Waals surface area (Å²) in [4.78, 5) is 7.96. The third kappa shape index (κ3) is 2.16. The molecule has 0 radical (unpaired) electrons. The summed E-state index contributed by atoms with van der Waals surface area (Å²) in [6.45, 7) is 0. The minimum absolute atomic E-state index is 0.595. The van der Waals surface area contributed by atoms with Crippen molar-refractivity contribution in [2.24, 2.45) is 10.2 Å². The van der Waals surface area contributed by atoms with Crippen LogP contribution in [0.15, 0.2) is 46.2 Å². The normalized spacial score (nSPS) is 10.8. The molecule has 0 spiro atoms. The lowest BCUT2D eigenvalue weighted by atomic mass is 10.5. The molecule has 0 N–H and O–H groups in total. The van der Waals surface area contributed by atoms with Crippen LogP contribution in [0.3, 0.4) is 0 Å². The van der Waals surface area contributed by atoms with Crippen LogP contribution in [0, 0.1) is 0 Å². The summed E-state index contributed by atoms with van der Waals surface area (Å²) < 4.78 is 0. The van der Waals surface area contributed by atoms with E-state index in [1.54, 1.807) is 18.5 Å². The Kier molecular flexibility index (Phi) is 2.38. The number of thiazole rings is 1. The molecule has 0 aliphatic rings. The summed E-state index contributed by atoms with van der Waals surface area (Å²) in [5, 5.41) is 10.3. The number of azo groups is 1.